The number of methoxy groups -OCH3 is 1. The summed E-state index contributed by atoms with van der Waals surface area (Å²) in [5.41, 5.74) is -0.449. The zero-order valence-electron chi connectivity index (χ0n) is 13.5. The van der Waals surface area contributed by atoms with Gasteiger partial charge in [-0.1, -0.05) is 20.8 Å². The molecule has 118 valence electrons. The predicted molar refractivity (Wildman–Crippen MR) is 75.0 cm³/mol. The maximum absolute atomic E-state index is 12.0. The van der Waals surface area contributed by atoms with Gasteiger partial charge in [-0.05, 0) is 31.1 Å². The topological polar surface area (TPSA) is 48.0 Å². The third-order valence-corrected chi connectivity index (χ3v) is 7.09. The number of carbonyl (C=O) groups excluding carboxylic acids is 1. The van der Waals surface area contributed by atoms with Gasteiger partial charge in [0.25, 0.3) is 0 Å². The van der Waals surface area contributed by atoms with Crippen molar-refractivity contribution in [3.8, 4) is 0 Å². The zero-order chi connectivity index (χ0) is 15.2. The van der Waals surface area contributed by atoms with Crippen molar-refractivity contribution in [2.45, 2.75) is 70.9 Å². The maximum atomic E-state index is 12.0. The average Bonchev–Trinajstić information content (AvgIpc) is 3.03. The molecule has 0 aromatic rings. The number of esters is 1. The van der Waals surface area contributed by atoms with Crippen LogP contribution in [0.3, 0.4) is 0 Å². The lowest BCUT2D eigenvalue weighted by Gasteiger charge is -2.38. The molecule has 4 rings (SSSR count). The number of nitrogens with zero attached hydrogens (tertiary/aromatic N) is 1. The summed E-state index contributed by atoms with van der Waals surface area (Å²) in [5, 5.41) is 1.98. The molecule has 4 aliphatic rings. The molecule has 5 heteroatoms. The van der Waals surface area contributed by atoms with E-state index in [0.717, 1.165) is 0 Å². The molecule has 0 N–H and O–H groups in total. The minimum absolute atomic E-state index is 0.111. The van der Waals surface area contributed by atoms with Crippen LogP contribution in [-0.2, 0) is 19.1 Å². The van der Waals surface area contributed by atoms with E-state index in [0.29, 0.717) is 12.3 Å². The van der Waals surface area contributed by atoms with Crippen molar-refractivity contribution in [3.05, 3.63) is 0 Å². The molecule has 0 unspecified atom stereocenters. The minimum Gasteiger partial charge on any atom is -0.467 e. The van der Waals surface area contributed by atoms with E-state index >= 15 is 0 Å². The van der Waals surface area contributed by atoms with Gasteiger partial charge >= 0.3 is 5.97 Å². The van der Waals surface area contributed by atoms with Crippen LogP contribution in [0.5, 0.6) is 0 Å². The molecule has 21 heavy (non-hydrogen) atoms. The van der Waals surface area contributed by atoms with Crippen LogP contribution in [0, 0.1) is 16.7 Å². The highest BCUT2D eigenvalue weighted by atomic mass is 16.8. The molecule has 2 saturated heterocycles. The third kappa shape index (κ3) is 1.41. The summed E-state index contributed by atoms with van der Waals surface area (Å²) >= 11 is 0. The molecule has 2 heterocycles. The second kappa shape index (κ2) is 3.81. The number of hydrogen-bond donors (Lipinski definition) is 0. The van der Waals surface area contributed by atoms with E-state index in [4.69, 9.17) is 14.3 Å². The van der Waals surface area contributed by atoms with Crippen molar-refractivity contribution < 1.29 is 19.1 Å². The first kappa shape index (κ1) is 14.0. The van der Waals surface area contributed by atoms with E-state index in [9.17, 15) is 4.79 Å². The van der Waals surface area contributed by atoms with Crippen LogP contribution in [0.25, 0.3) is 0 Å². The second-order valence-electron chi connectivity index (χ2n) is 8.16. The van der Waals surface area contributed by atoms with Crippen molar-refractivity contribution in [1.29, 1.82) is 0 Å². The molecular formula is C16H25NO4. The van der Waals surface area contributed by atoms with Gasteiger partial charge in [0.1, 0.15) is 6.23 Å². The van der Waals surface area contributed by atoms with E-state index in [1.807, 2.05) is 5.06 Å². The highest BCUT2D eigenvalue weighted by Crippen LogP contribution is 2.70. The molecule has 0 amide bonds. The SMILES string of the molecule is COC(=O)[C@]1(C)C[C@@H]2O[C@@H]3[C@@H]([C@H]4CC[C@]3(C)C4(C)C)N2O1. The Morgan fingerprint density at radius 2 is 2.00 bits per heavy atom. The van der Waals surface area contributed by atoms with Crippen LogP contribution in [0.15, 0.2) is 0 Å². The van der Waals surface area contributed by atoms with Gasteiger partial charge in [0, 0.05) is 11.8 Å². The smallest absolute Gasteiger partial charge is 0.340 e. The number of fused-ring (bicyclic) bond motifs is 7. The first-order valence-corrected chi connectivity index (χ1v) is 7.96. The van der Waals surface area contributed by atoms with Gasteiger partial charge in [-0.3, -0.25) is 4.84 Å². The van der Waals surface area contributed by atoms with Gasteiger partial charge in [-0.15, -0.1) is 0 Å². The molecule has 2 aliphatic carbocycles. The number of hydroxylamine groups is 2. The lowest BCUT2D eigenvalue weighted by Crippen LogP contribution is -2.45. The highest BCUT2D eigenvalue weighted by molar-refractivity contribution is 5.79. The van der Waals surface area contributed by atoms with E-state index < -0.39 is 5.60 Å². The molecule has 0 spiro atoms. The summed E-state index contributed by atoms with van der Waals surface area (Å²) in [5.74, 6) is 0.253. The summed E-state index contributed by atoms with van der Waals surface area (Å²) < 4.78 is 11.3. The van der Waals surface area contributed by atoms with Gasteiger partial charge in [-0.25, -0.2) is 4.79 Å². The summed E-state index contributed by atoms with van der Waals surface area (Å²) in [6.07, 6.45) is 3.10. The Hall–Kier alpha value is -0.650. The van der Waals surface area contributed by atoms with Crippen LogP contribution in [0.4, 0.5) is 0 Å². The van der Waals surface area contributed by atoms with Crippen LogP contribution < -0.4 is 0 Å². The fourth-order valence-corrected chi connectivity index (χ4v) is 5.42. The van der Waals surface area contributed by atoms with Gasteiger partial charge in [0.2, 0.25) is 0 Å². The van der Waals surface area contributed by atoms with Crippen molar-refractivity contribution >= 4 is 5.97 Å². The fraction of sp³-hybridized carbons (Fsp3) is 0.938. The Labute approximate surface area is 125 Å². The van der Waals surface area contributed by atoms with Crippen LogP contribution >= 0.6 is 0 Å². The van der Waals surface area contributed by atoms with Gasteiger partial charge < -0.3 is 9.47 Å². The zero-order valence-corrected chi connectivity index (χ0v) is 13.5. The molecule has 5 nitrogen and oxygen atoms in total. The summed E-state index contributed by atoms with van der Waals surface area (Å²) in [4.78, 5) is 18.0. The van der Waals surface area contributed by atoms with Crippen LogP contribution in [0.1, 0.15) is 47.0 Å². The highest BCUT2D eigenvalue weighted by Gasteiger charge is 2.73. The number of carbonyl (C=O) groups is 1. The van der Waals surface area contributed by atoms with Gasteiger partial charge in [0.15, 0.2) is 5.60 Å². The molecular weight excluding hydrogens is 270 g/mol. The van der Waals surface area contributed by atoms with E-state index in [1.54, 1.807) is 6.92 Å². The molecule has 2 saturated carbocycles. The standard InChI is InChI=1S/C16H25NO4/c1-14(2)9-6-7-15(14,3)12-11(9)17-10(20-12)8-16(4,21-17)13(18)19-5/h9-12H,6-8H2,1-5H3/t9-,10+,11-,12-,15+,16+/m1/s1. The van der Waals surface area contributed by atoms with Crippen molar-refractivity contribution in [2.24, 2.45) is 16.7 Å². The van der Waals surface area contributed by atoms with Gasteiger partial charge in [0.05, 0.1) is 19.3 Å². The maximum Gasteiger partial charge on any atom is 0.340 e. The Morgan fingerprint density at radius 1 is 1.29 bits per heavy atom. The molecule has 6 atom stereocenters. The molecule has 0 aromatic heterocycles. The van der Waals surface area contributed by atoms with E-state index in [2.05, 4.69) is 20.8 Å². The fourth-order valence-electron chi connectivity index (χ4n) is 5.42. The largest absolute Gasteiger partial charge is 0.467 e. The Morgan fingerprint density at radius 3 is 2.67 bits per heavy atom. The summed E-state index contributed by atoms with van der Waals surface area (Å²) in [6.45, 7) is 8.88. The molecule has 2 bridgehead atoms. The van der Waals surface area contributed by atoms with Crippen molar-refractivity contribution in [1.82, 2.24) is 5.06 Å². The van der Waals surface area contributed by atoms with Crippen molar-refractivity contribution in [3.63, 3.8) is 0 Å². The minimum atomic E-state index is -0.905. The molecule has 2 aliphatic heterocycles. The molecule has 0 radical (unpaired) electrons. The lowest BCUT2D eigenvalue weighted by atomic mass is 9.70. The molecule has 0 aromatic carbocycles. The van der Waals surface area contributed by atoms with Gasteiger partial charge in [-0.2, -0.15) is 5.06 Å². The lowest BCUT2D eigenvalue weighted by molar-refractivity contribution is -0.232. The predicted octanol–water partition coefficient (Wildman–Crippen LogP) is 2.10. The number of rotatable bonds is 1. The van der Waals surface area contributed by atoms with E-state index in [1.165, 1.54) is 20.0 Å². The van der Waals surface area contributed by atoms with Crippen LogP contribution in [-0.4, -0.2) is 42.1 Å². The van der Waals surface area contributed by atoms with Crippen molar-refractivity contribution in [2.75, 3.05) is 7.11 Å². The first-order valence-electron chi connectivity index (χ1n) is 7.96. The average molecular weight is 295 g/mol. The van der Waals surface area contributed by atoms with Crippen LogP contribution in [0.2, 0.25) is 0 Å². The second-order valence-corrected chi connectivity index (χ2v) is 8.16. The number of hydrogen-bond acceptors (Lipinski definition) is 5. The molecule has 4 fully saturated rings. The normalized spacial score (nSPS) is 53.8. The Bertz CT molecular complexity index is 507. The third-order valence-electron chi connectivity index (χ3n) is 7.09. The summed E-state index contributed by atoms with van der Waals surface area (Å²) in [7, 11) is 1.41. The number of ether oxygens (including phenoxy) is 2. The Balaban J connectivity index is 1.65. The Kier molecular flexibility index (Phi) is 2.54. The first-order chi connectivity index (χ1) is 9.74. The van der Waals surface area contributed by atoms with E-state index in [-0.39, 0.29) is 35.2 Å². The monoisotopic (exact) mass is 295 g/mol. The summed E-state index contributed by atoms with van der Waals surface area (Å²) in [6, 6.07) is 0.273. The quantitative estimate of drug-likeness (QED) is 0.693.